The maximum atomic E-state index is 13.3. The predicted octanol–water partition coefficient (Wildman–Crippen LogP) is 2.91. The van der Waals surface area contributed by atoms with Crippen LogP contribution in [0.5, 0.6) is 0 Å². The van der Waals surface area contributed by atoms with Gasteiger partial charge in [0, 0.05) is 24.8 Å². The molecule has 0 saturated carbocycles. The van der Waals surface area contributed by atoms with Gasteiger partial charge < -0.3 is 10.2 Å². The predicted molar refractivity (Wildman–Crippen MR) is 130 cm³/mol. The van der Waals surface area contributed by atoms with Gasteiger partial charge in [-0.3, -0.25) is 9.59 Å². The Kier molecular flexibility index (Phi) is 6.76. The quantitative estimate of drug-likeness (QED) is 0.543. The second kappa shape index (κ2) is 9.74. The Labute approximate surface area is 199 Å². The van der Waals surface area contributed by atoms with Crippen molar-refractivity contribution in [2.45, 2.75) is 43.7 Å². The number of carbonyl (C=O) groups is 2. The van der Waals surface area contributed by atoms with Crippen LogP contribution < -0.4 is 14.9 Å². The normalized spacial score (nSPS) is 16.1. The van der Waals surface area contributed by atoms with E-state index < -0.39 is 22.0 Å². The molecule has 0 saturated heterocycles. The van der Waals surface area contributed by atoms with E-state index in [0.29, 0.717) is 17.9 Å². The van der Waals surface area contributed by atoms with Gasteiger partial charge >= 0.3 is 0 Å². The molecule has 1 aliphatic rings. The lowest BCUT2D eigenvalue weighted by Gasteiger charge is -2.21. The third kappa shape index (κ3) is 5.16. The Morgan fingerprint density at radius 2 is 1.82 bits per heavy atom. The van der Waals surface area contributed by atoms with Gasteiger partial charge in [0.05, 0.1) is 4.90 Å². The molecule has 0 bridgehead atoms. The number of carbonyl (C=O) groups excluding carboxylic acids is 2. The van der Waals surface area contributed by atoms with E-state index in [1.165, 1.54) is 13.0 Å². The van der Waals surface area contributed by atoms with Crippen molar-refractivity contribution >= 4 is 33.3 Å². The molecule has 2 heterocycles. The number of aromatic nitrogens is 1. The number of nitrogens with one attached hydrogen (secondary N) is 2. The molecule has 0 radical (unpaired) electrons. The number of hydrogen-bond donors (Lipinski definition) is 2. The van der Waals surface area contributed by atoms with Crippen molar-refractivity contribution in [2.24, 2.45) is 0 Å². The zero-order valence-corrected chi connectivity index (χ0v) is 19.7. The standard InChI is InChI=1S/C25H26N4O4S/c1-17-14-20-16-21(11-12-23(20)29(17)18(2)30)34(32,33)28-22(15-19-8-4-3-5-9-19)25(31)27-24-10-6-7-13-26-24/h3-13,16-17,22,28H,14-15H2,1-2H3,(H,26,27,31)/t17-,22+/m1/s1. The summed E-state index contributed by atoms with van der Waals surface area (Å²) < 4.78 is 29.2. The van der Waals surface area contributed by atoms with Gasteiger partial charge in [-0.05, 0) is 61.2 Å². The second-order valence-corrected chi connectivity index (χ2v) is 10.0. The molecule has 2 amide bonds. The highest BCUT2D eigenvalue weighted by Gasteiger charge is 2.32. The highest BCUT2D eigenvalue weighted by molar-refractivity contribution is 7.89. The first-order valence-electron chi connectivity index (χ1n) is 11.0. The van der Waals surface area contributed by atoms with Crippen LogP contribution in [0.15, 0.2) is 77.8 Å². The summed E-state index contributed by atoms with van der Waals surface area (Å²) in [6, 6.07) is 17.9. The SMILES string of the molecule is CC(=O)N1c2ccc(S(=O)(=O)N[C@@H](Cc3ccccc3)C(=O)Nc3ccccn3)cc2C[C@H]1C. The molecule has 1 aliphatic heterocycles. The van der Waals surface area contributed by atoms with Crippen molar-refractivity contribution in [1.82, 2.24) is 9.71 Å². The Hall–Kier alpha value is -3.56. The van der Waals surface area contributed by atoms with E-state index in [2.05, 4.69) is 15.0 Å². The van der Waals surface area contributed by atoms with Gasteiger partial charge in [-0.1, -0.05) is 36.4 Å². The summed E-state index contributed by atoms with van der Waals surface area (Å²) in [6.45, 7) is 3.41. The molecule has 0 unspecified atom stereocenters. The molecule has 8 nitrogen and oxygen atoms in total. The maximum absolute atomic E-state index is 13.3. The van der Waals surface area contributed by atoms with Crippen LogP contribution in [0.4, 0.5) is 11.5 Å². The molecule has 2 atom stereocenters. The van der Waals surface area contributed by atoms with E-state index in [9.17, 15) is 18.0 Å². The second-order valence-electron chi connectivity index (χ2n) is 8.30. The van der Waals surface area contributed by atoms with E-state index in [0.717, 1.165) is 11.1 Å². The van der Waals surface area contributed by atoms with Gasteiger partial charge in [0.2, 0.25) is 21.8 Å². The first kappa shape index (κ1) is 23.6. The van der Waals surface area contributed by atoms with Gasteiger partial charge in [-0.15, -0.1) is 0 Å². The number of fused-ring (bicyclic) bond motifs is 1. The molecular weight excluding hydrogens is 452 g/mol. The number of nitrogens with zero attached hydrogens (tertiary/aromatic N) is 2. The summed E-state index contributed by atoms with van der Waals surface area (Å²) in [5.74, 6) is -0.265. The molecule has 3 aromatic rings. The van der Waals surface area contributed by atoms with Crippen LogP contribution in [0.3, 0.4) is 0 Å². The monoisotopic (exact) mass is 478 g/mol. The van der Waals surface area contributed by atoms with E-state index in [1.54, 1.807) is 41.4 Å². The van der Waals surface area contributed by atoms with Crippen molar-refractivity contribution in [2.75, 3.05) is 10.2 Å². The average molecular weight is 479 g/mol. The third-order valence-electron chi connectivity index (χ3n) is 5.73. The zero-order valence-electron chi connectivity index (χ0n) is 18.9. The van der Waals surface area contributed by atoms with Gasteiger partial charge in [0.1, 0.15) is 11.9 Å². The molecule has 34 heavy (non-hydrogen) atoms. The summed E-state index contributed by atoms with van der Waals surface area (Å²) in [7, 11) is -4.03. The topological polar surface area (TPSA) is 108 Å². The van der Waals surface area contributed by atoms with Gasteiger partial charge in [0.15, 0.2) is 0 Å². The lowest BCUT2D eigenvalue weighted by molar-refractivity contribution is -0.118. The van der Waals surface area contributed by atoms with Crippen LogP contribution in [0.2, 0.25) is 0 Å². The Morgan fingerprint density at radius 3 is 2.50 bits per heavy atom. The minimum absolute atomic E-state index is 0.0478. The molecule has 9 heteroatoms. The Bertz CT molecular complexity index is 1300. The fourth-order valence-electron chi connectivity index (χ4n) is 4.20. The van der Waals surface area contributed by atoms with Crippen LogP contribution in [0, 0.1) is 0 Å². The van der Waals surface area contributed by atoms with Crippen LogP contribution in [-0.2, 0) is 32.5 Å². The van der Waals surface area contributed by atoms with E-state index in [1.807, 2.05) is 37.3 Å². The Morgan fingerprint density at radius 1 is 1.09 bits per heavy atom. The largest absolute Gasteiger partial charge is 0.309 e. The van der Waals surface area contributed by atoms with E-state index >= 15 is 0 Å². The van der Waals surface area contributed by atoms with Crippen LogP contribution >= 0.6 is 0 Å². The van der Waals surface area contributed by atoms with E-state index in [-0.39, 0.29) is 23.3 Å². The summed E-state index contributed by atoms with van der Waals surface area (Å²) in [4.78, 5) is 30.8. The number of hydrogen-bond acceptors (Lipinski definition) is 5. The first-order chi connectivity index (χ1) is 16.2. The molecule has 176 valence electrons. The molecule has 4 rings (SSSR count). The van der Waals surface area contributed by atoms with Crippen molar-refractivity contribution in [3.05, 3.63) is 84.1 Å². The highest BCUT2D eigenvalue weighted by atomic mass is 32.2. The number of amides is 2. The minimum Gasteiger partial charge on any atom is -0.309 e. The van der Waals surface area contributed by atoms with Gasteiger partial charge in [0.25, 0.3) is 0 Å². The summed E-state index contributed by atoms with van der Waals surface area (Å²) in [5.41, 5.74) is 2.31. The van der Waals surface area contributed by atoms with E-state index in [4.69, 9.17) is 0 Å². The third-order valence-corrected chi connectivity index (χ3v) is 7.20. The molecule has 0 fully saturated rings. The van der Waals surface area contributed by atoms with Crippen LogP contribution in [0.25, 0.3) is 0 Å². The van der Waals surface area contributed by atoms with Crippen molar-refractivity contribution in [1.29, 1.82) is 0 Å². The highest BCUT2D eigenvalue weighted by Crippen LogP contribution is 2.34. The zero-order chi connectivity index (χ0) is 24.3. The lowest BCUT2D eigenvalue weighted by Crippen LogP contribution is -2.45. The molecule has 1 aromatic heterocycles. The molecule has 2 N–H and O–H groups in total. The number of anilines is 2. The number of benzene rings is 2. The smallest absolute Gasteiger partial charge is 0.244 e. The summed E-state index contributed by atoms with van der Waals surface area (Å²) >= 11 is 0. The molecule has 0 aliphatic carbocycles. The maximum Gasteiger partial charge on any atom is 0.244 e. The van der Waals surface area contributed by atoms with Gasteiger partial charge in [-0.25, -0.2) is 13.4 Å². The van der Waals surface area contributed by atoms with Crippen molar-refractivity contribution in [3.63, 3.8) is 0 Å². The number of rotatable bonds is 7. The molecule has 0 spiro atoms. The van der Waals surface area contributed by atoms with Crippen LogP contribution in [-0.4, -0.2) is 37.3 Å². The van der Waals surface area contributed by atoms with Crippen molar-refractivity contribution < 1.29 is 18.0 Å². The summed E-state index contributed by atoms with van der Waals surface area (Å²) in [5, 5.41) is 2.68. The molecule has 2 aromatic carbocycles. The Balaban J connectivity index is 1.60. The average Bonchev–Trinajstić information content (AvgIpc) is 3.15. The fraction of sp³-hybridized carbons (Fsp3) is 0.240. The number of sulfonamides is 1. The van der Waals surface area contributed by atoms with Crippen molar-refractivity contribution in [3.8, 4) is 0 Å². The van der Waals surface area contributed by atoms with Crippen LogP contribution in [0.1, 0.15) is 25.0 Å². The minimum atomic E-state index is -4.03. The molecular formula is C25H26N4O4S. The summed E-state index contributed by atoms with van der Waals surface area (Å²) in [6.07, 6.45) is 2.27. The van der Waals surface area contributed by atoms with Gasteiger partial charge in [-0.2, -0.15) is 4.72 Å². The fourth-order valence-corrected chi connectivity index (χ4v) is 5.44. The number of pyridine rings is 1. The lowest BCUT2D eigenvalue weighted by atomic mass is 10.1. The first-order valence-corrected chi connectivity index (χ1v) is 12.4.